The fraction of sp³-hybridized carbons (Fsp3) is 0. The van der Waals surface area contributed by atoms with Gasteiger partial charge in [0.25, 0.3) is 0 Å². The summed E-state index contributed by atoms with van der Waals surface area (Å²) in [6, 6.07) is 37.5. The third kappa shape index (κ3) is 3.41. The van der Waals surface area contributed by atoms with Gasteiger partial charge in [-0.05, 0) is 12.1 Å². The zero-order chi connectivity index (χ0) is 18.4. The maximum atomic E-state index is 4.40. The van der Waals surface area contributed by atoms with Crippen molar-refractivity contribution in [3.05, 3.63) is 121 Å². The average Bonchev–Trinajstić information content (AvgIpc) is 2.77. The van der Waals surface area contributed by atoms with Crippen molar-refractivity contribution in [3.63, 3.8) is 0 Å². The van der Waals surface area contributed by atoms with Gasteiger partial charge in [0.1, 0.15) is 11.8 Å². The summed E-state index contributed by atoms with van der Waals surface area (Å²) in [5.74, 6) is 7.00. The van der Waals surface area contributed by atoms with Crippen LogP contribution in [0.15, 0.2) is 115 Å². The summed E-state index contributed by atoms with van der Waals surface area (Å²) in [5, 5.41) is 0. The molecule has 0 bridgehead atoms. The molecule has 0 saturated heterocycles. The maximum absolute atomic E-state index is 4.40. The molecule has 0 atom stereocenters. The largest absolute Gasteiger partial charge is 0.290 e. The van der Waals surface area contributed by atoms with E-state index in [0.29, 0.717) is 0 Å². The van der Waals surface area contributed by atoms with Crippen LogP contribution in [0.2, 0.25) is 0 Å². The number of hydrogen-bond donors (Lipinski definition) is 0. The van der Waals surface area contributed by atoms with Crippen LogP contribution in [0.1, 0.15) is 5.69 Å². The van der Waals surface area contributed by atoms with E-state index in [2.05, 4.69) is 89.5 Å². The third-order valence-corrected chi connectivity index (χ3v) is 4.98. The van der Waals surface area contributed by atoms with Crippen molar-refractivity contribution in [2.45, 2.75) is 0 Å². The predicted molar refractivity (Wildman–Crippen MR) is 115 cm³/mol. The lowest BCUT2D eigenvalue weighted by Gasteiger charge is -2.38. The summed E-state index contributed by atoms with van der Waals surface area (Å²) in [4.78, 5) is 4.40. The van der Waals surface area contributed by atoms with E-state index in [1.54, 1.807) is 6.20 Å². The monoisotopic (exact) mass is 344 g/mol. The lowest BCUT2D eigenvalue weighted by molar-refractivity contribution is 1.29. The van der Waals surface area contributed by atoms with Crippen LogP contribution in [0.25, 0.3) is 0 Å². The summed E-state index contributed by atoms with van der Waals surface area (Å²) < 4.78 is 0. The Bertz CT molecular complexity index is 953. The average molecular weight is 344 g/mol. The number of rotatable bonds is 3. The molecule has 2 heteroatoms. The fourth-order valence-corrected chi connectivity index (χ4v) is 3.67. The highest BCUT2D eigenvalue weighted by Crippen LogP contribution is 2.07. The van der Waals surface area contributed by atoms with E-state index < -0.39 is 6.15 Å². The Balaban J connectivity index is 2.03. The van der Waals surface area contributed by atoms with Gasteiger partial charge in [0.2, 0.25) is 0 Å². The van der Waals surface area contributed by atoms with Crippen molar-refractivity contribution in [2.24, 2.45) is 0 Å². The molecule has 0 radical (unpaired) electrons. The second-order valence-electron chi connectivity index (χ2n) is 6.58. The number of aromatic nitrogens is 1. The number of hydrogen-bond acceptors (Lipinski definition) is 1. The molecule has 27 heavy (non-hydrogen) atoms. The molecule has 0 spiro atoms. The molecule has 0 aliphatic rings. The molecular weight excluding hydrogens is 325 g/mol. The molecule has 1 nitrogen and oxygen atoms in total. The molecule has 0 aliphatic heterocycles. The molecule has 0 saturated carbocycles. The molecule has 3 aromatic carbocycles. The minimum absolute atomic E-state index is 0.784. The second-order valence-corrected chi connectivity index (χ2v) is 6.58. The summed E-state index contributed by atoms with van der Waals surface area (Å²) in [6.45, 7) is 0. The van der Waals surface area contributed by atoms with E-state index >= 15 is 0 Å². The molecule has 0 unspecified atom stereocenters. The van der Waals surface area contributed by atoms with Gasteiger partial charge in [-0.25, -0.2) is 4.98 Å². The van der Waals surface area contributed by atoms with Crippen molar-refractivity contribution >= 4 is 22.5 Å². The Morgan fingerprint density at radius 3 is 1.37 bits per heavy atom. The molecule has 1 heterocycles. The van der Waals surface area contributed by atoms with Crippen LogP contribution in [0.5, 0.6) is 0 Å². The van der Waals surface area contributed by atoms with Crippen LogP contribution in [0.4, 0.5) is 0 Å². The van der Waals surface area contributed by atoms with Gasteiger partial charge in [-0.15, -0.1) is 0 Å². The normalized spacial score (nSPS) is 10.7. The Labute approximate surface area is 160 Å². The number of pyridine rings is 1. The Hall–Kier alpha value is -3.57. The summed E-state index contributed by atoms with van der Waals surface area (Å²) in [5.41, 5.74) is 4.40. The van der Waals surface area contributed by atoms with Crippen LogP contribution < -0.4 is 16.4 Å². The van der Waals surface area contributed by atoms with E-state index in [-0.39, 0.29) is 0 Å². The SMILES string of the molecule is C(#C[B-](c1ccccc1)(c1ccccc1)c1ccccc1)c1ccccn1. The zero-order valence-corrected chi connectivity index (χ0v) is 15.0. The molecule has 4 rings (SSSR count). The van der Waals surface area contributed by atoms with E-state index in [4.69, 9.17) is 0 Å². The molecule has 0 aliphatic carbocycles. The van der Waals surface area contributed by atoms with E-state index in [1.165, 1.54) is 16.4 Å². The molecular formula is C25H19BN-. The fourth-order valence-electron chi connectivity index (χ4n) is 3.67. The molecule has 1 aromatic heterocycles. The van der Waals surface area contributed by atoms with Crippen molar-refractivity contribution in [1.29, 1.82) is 0 Å². The van der Waals surface area contributed by atoms with E-state index in [1.807, 2.05) is 36.4 Å². The highest BCUT2D eigenvalue weighted by Gasteiger charge is 2.27. The molecule has 0 N–H and O–H groups in total. The first-order chi connectivity index (χ1) is 13.4. The smallest absolute Gasteiger partial charge is 0.149 e. The standard InChI is InChI=1S/C25H19BN/c1-4-12-22(13-5-1)26(23-14-6-2-7-15-23,24-16-8-3-9-17-24)20-19-25-18-10-11-21-27-25/h1-18,21H/q-1. The maximum Gasteiger partial charge on any atom is 0.149 e. The lowest BCUT2D eigenvalue weighted by atomic mass is 9.16. The highest BCUT2D eigenvalue weighted by molar-refractivity contribution is 7.16. The summed E-state index contributed by atoms with van der Waals surface area (Å²) >= 11 is 0. The topological polar surface area (TPSA) is 12.9 Å². The van der Waals surface area contributed by atoms with E-state index in [9.17, 15) is 0 Å². The van der Waals surface area contributed by atoms with Crippen molar-refractivity contribution < 1.29 is 0 Å². The van der Waals surface area contributed by atoms with Crippen molar-refractivity contribution in [2.75, 3.05) is 0 Å². The van der Waals surface area contributed by atoms with Gasteiger partial charge in [-0.2, -0.15) is 16.4 Å². The van der Waals surface area contributed by atoms with Crippen LogP contribution in [0.3, 0.4) is 0 Å². The molecule has 128 valence electrons. The van der Waals surface area contributed by atoms with Gasteiger partial charge in [-0.3, -0.25) is 5.82 Å². The van der Waals surface area contributed by atoms with E-state index in [0.717, 1.165) is 5.69 Å². The van der Waals surface area contributed by atoms with Crippen LogP contribution in [0, 0.1) is 11.7 Å². The first-order valence-electron chi connectivity index (χ1n) is 9.16. The van der Waals surface area contributed by atoms with Crippen LogP contribution in [-0.2, 0) is 0 Å². The van der Waals surface area contributed by atoms with Gasteiger partial charge in [0.05, 0.1) is 0 Å². The Morgan fingerprint density at radius 1 is 0.519 bits per heavy atom. The minimum Gasteiger partial charge on any atom is -0.290 e. The summed E-state index contributed by atoms with van der Waals surface area (Å²) in [7, 11) is 0. The first-order valence-corrected chi connectivity index (χ1v) is 9.16. The zero-order valence-electron chi connectivity index (χ0n) is 15.0. The van der Waals surface area contributed by atoms with Gasteiger partial charge < -0.3 is 0 Å². The minimum atomic E-state index is -1.44. The van der Waals surface area contributed by atoms with Gasteiger partial charge >= 0.3 is 0 Å². The van der Waals surface area contributed by atoms with Crippen LogP contribution in [-0.4, -0.2) is 11.1 Å². The van der Waals surface area contributed by atoms with Gasteiger partial charge in [0, 0.05) is 6.20 Å². The molecule has 4 aromatic rings. The van der Waals surface area contributed by atoms with Gasteiger partial charge in [-0.1, -0.05) is 103 Å². The summed E-state index contributed by atoms with van der Waals surface area (Å²) in [6.07, 6.45) is 0.343. The highest BCUT2D eigenvalue weighted by atomic mass is 14.6. The van der Waals surface area contributed by atoms with Gasteiger partial charge in [0.15, 0.2) is 0 Å². The van der Waals surface area contributed by atoms with Crippen LogP contribution >= 0.6 is 0 Å². The number of benzene rings is 3. The molecule has 0 amide bonds. The third-order valence-electron chi connectivity index (χ3n) is 4.98. The predicted octanol–water partition coefficient (Wildman–Crippen LogP) is 3.14. The first kappa shape index (κ1) is 16.9. The lowest BCUT2D eigenvalue weighted by Crippen LogP contribution is -2.66. The van der Waals surface area contributed by atoms with Crippen molar-refractivity contribution in [1.82, 2.24) is 4.98 Å². The quantitative estimate of drug-likeness (QED) is 0.411. The Kier molecular flexibility index (Phi) is 4.85. The molecule has 0 fully saturated rings. The number of nitrogens with zero attached hydrogens (tertiary/aromatic N) is 1. The van der Waals surface area contributed by atoms with Crippen molar-refractivity contribution in [3.8, 4) is 11.7 Å². The second kappa shape index (κ2) is 7.76. The Morgan fingerprint density at radius 2 is 0.963 bits per heavy atom.